The third-order valence-corrected chi connectivity index (χ3v) is 3.18. The van der Waals surface area contributed by atoms with Crippen molar-refractivity contribution in [2.45, 2.75) is 6.04 Å². The van der Waals surface area contributed by atoms with Gasteiger partial charge in [0.25, 0.3) is 0 Å². The van der Waals surface area contributed by atoms with Crippen LogP contribution in [0.25, 0.3) is 0 Å². The first-order valence-corrected chi connectivity index (χ1v) is 5.90. The van der Waals surface area contributed by atoms with Gasteiger partial charge in [-0.3, -0.25) is 0 Å². The second-order valence-corrected chi connectivity index (χ2v) is 4.63. The highest BCUT2D eigenvalue weighted by molar-refractivity contribution is 6.35. The highest BCUT2D eigenvalue weighted by atomic mass is 35.5. The van der Waals surface area contributed by atoms with E-state index >= 15 is 0 Å². The van der Waals surface area contributed by atoms with Gasteiger partial charge in [0.2, 0.25) is 0 Å². The van der Waals surface area contributed by atoms with Crippen molar-refractivity contribution in [3.8, 4) is 0 Å². The Labute approximate surface area is 113 Å². The van der Waals surface area contributed by atoms with Crippen molar-refractivity contribution >= 4 is 23.2 Å². The molecule has 2 N–H and O–H groups in total. The van der Waals surface area contributed by atoms with Gasteiger partial charge in [-0.05, 0) is 23.8 Å². The van der Waals surface area contributed by atoms with E-state index in [0.717, 1.165) is 6.07 Å². The van der Waals surface area contributed by atoms with Crippen molar-refractivity contribution < 1.29 is 8.78 Å². The summed E-state index contributed by atoms with van der Waals surface area (Å²) < 4.78 is 26.8. The minimum absolute atomic E-state index is 0.0548. The maximum absolute atomic E-state index is 13.6. The van der Waals surface area contributed by atoms with Gasteiger partial charge in [-0.15, -0.1) is 0 Å². The number of benzene rings is 2. The monoisotopic (exact) mass is 287 g/mol. The summed E-state index contributed by atoms with van der Waals surface area (Å²) in [6.07, 6.45) is 0. The topological polar surface area (TPSA) is 26.0 Å². The van der Waals surface area contributed by atoms with Crippen molar-refractivity contribution in [2.75, 3.05) is 0 Å². The molecule has 0 amide bonds. The molecule has 1 atom stereocenters. The zero-order chi connectivity index (χ0) is 13.3. The van der Waals surface area contributed by atoms with E-state index in [1.165, 1.54) is 18.2 Å². The summed E-state index contributed by atoms with van der Waals surface area (Å²) in [6.45, 7) is 0. The Kier molecular flexibility index (Phi) is 3.85. The molecule has 0 aliphatic rings. The van der Waals surface area contributed by atoms with Crippen LogP contribution in [0.2, 0.25) is 10.0 Å². The molecular formula is C13H9Cl2F2N. The van der Waals surface area contributed by atoms with Crippen molar-refractivity contribution in [2.24, 2.45) is 5.73 Å². The highest BCUT2D eigenvalue weighted by Crippen LogP contribution is 2.30. The molecule has 18 heavy (non-hydrogen) atoms. The van der Waals surface area contributed by atoms with Gasteiger partial charge in [0.05, 0.1) is 6.04 Å². The van der Waals surface area contributed by atoms with Crippen LogP contribution in [0.15, 0.2) is 36.4 Å². The standard InChI is InChI=1S/C13H9Cl2F2N/c14-7-4-5-8(10(15)6-7)13(18)9-2-1-3-11(16)12(9)17/h1-6,13H,18H2. The molecule has 2 aromatic rings. The summed E-state index contributed by atoms with van der Waals surface area (Å²) in [4.78, 5) is 0. The smallest absolute Gasteiger partial charge is 0.163 e. The van der Waals surface area contributed by atoms with Gasteiger partial charge < -0.3 is 5.73 Å². The van der Waals surface area contributed by atoms with Crippen LogP contribution in [0, 0.1) is 11.6 Å². The molecule has 0 heterocycles. The molecule has 0 aliphatic carbocycles. The van der Waals surface area contributed by atoms with Crippen LogP contribution in [-0.4, -0.2) is 0 Å². The molecule has 0 spiro atoms. The first-order chi connectivity index (χ1) is 8.50. The number of nitrogens with two attached hydrogens (primary N) is 1. The van der Waals surface area contributed by atoms with E-state index < -0.39 is 17.7 Å². The van der Waals surface area contributed by atoms with E-state index in [4.69, 9.17) is 28.9 Å². The predicted octanol–water partition coefficient (Wildman–Crippen LogP) is 4.32. The molecule has 0 aliphatic heterocycles. The van der Waals surface area contributed by atoms with Crippen LogP contribution in [0.5, 0.6) is 0 Å². The summed E-state index contributed by atoms with van der Waals surface area (Å²) in [5, 5.41) is 0.773. The molecule has 0 fully saturated rings. The van der Waals surface area contributed by atoms with Crippen molar-refractivity contribution in [3.63, 3.8) is 0 Å². The van der Waals surface area contributed by atoms with Gasteiger partial charge in [0, 0.05) is 15.6 Å². The van der Waals surface area contributed by atoms with Crippen LogP contribution in [-0.2, 0) is 0 Å². The van der Waals surface area contributed by atoms with Crippen molar-refractivity contribution in [3.05, 3.63) is 69.2 Å². The molecule has 5 heteroatoms. The Bertz CT molecular complexity index is 587. The second-order valence-electron chi connectivity index (χ2n) is 3.79. The van der Waals surface area contributed by atoms with Crippen molar-refractivity contribution in [1.29, 1.82) is 0 Å². The lowest BCUT2D eigenvalue weighted by Crippen LogP contribution is -2.14. The Morgan fingerprint density at radius 2 is 1.72 bits per heavy atom. The fourth-order valence-corrected chi connectivity index (χ4v) is 2.21. The lowest BCUT2D eigenvalue weighted by atomic mass is 9.99. The zero-order valence-corrected chi connectivity index (χ0v) is 10.6. The first kappa shape index (κ1) is 13.3. The van der Waals surface area contributed by atoms with Crippen LogP contribution < -0.4 is 5.73 Å². The van der Waals surface area contributed by atoms with Crippen molar-refractivity contribution in [1.82, 2.24) is 0 Å². The molecule has 2 rings (SSSR count). The Morgan fingerprint density at radius 3 is 2.39 bits per heavy atom. The maximum Gasteiger partial charge on any atom is 0.163 e. The quantitative estimate of drug-likeness (QED) is 0.875. The minimum Gasteiger partial charge on any atom is -0.320 e. The lowest BCUT2D eigenvalue weighted by molar-refractivity contribution is 0.494. The fourth-order valence-electron chi connectivity index (χ4n) is 1.68. The summed E-state index contributed by atoms with van der Waals surface area (Å²) in [5.74, 6) is -1.90. The minimum atomic E-state index is -0.962. The molecule has 0 aromatic heterocycles. The average molecular weight is 288 g/mol. The normalized spacial score (nSPS) is 12.5. The van der Waals surface area contributed by atoms with Crippen LogP contribution in [0.1, 0.15) is 17.2 Å². The lowest BCUT2D eigenvalue weighted by Gasteiger charge is -2.15. The second kappa shape index (κ2) is 5.22. The van der Waals surface area contributed by atoms with E-state index in [1.54, 1.807) is 12.1 Å². The number of rotatable bonds is 2. The van der Waals surface area contributed by atoms with E-state index in [2.05, 4.69) is 0 Å². The summed E-state index contributed by atoms with van der Waals surface area (Å²) >= 11 is 11.8. The van der Waals surface area contributed by atoms with E-state index in [1.807, 2.05) is 0 Å². The number of hydrogen-bond donors (Lipinski definition) is 1. The summed E-state index contributed by atoms with van der Waals surface area (Å²) in [6, 6.07) is 7.72. The Morgan fingerprint density at radius 1 is 1.00 bits per heavy atom. The van der Waals surface area contributed by atoms with Crippen LogP contribution in [0.3, 0.4) is 0 Å². The molecule has 2 aromatic carbocycles. The average Bonchev–Trinajstić information content (AvgIpc) is 2.32. The summed E-state index contributed by atoms with van der Waals surface area (Å²) in [7, 11) is 0. The molecule has 1 unspecified atom stereocenters. The Hall–Kier alpha value is -1.16. The molecule has 94 valence electrons. The fraction of sp³-hybridized carbons (Fsp3) is 0.0769. The third kappa shape index (κ3) is 2.48. The zero-order valence-electron chi connectivity index (χ0n) is 9.13. The first-order valence-electron chi connectivity index (χ1n) is 5.15. The number of hydrogen-bond acceptors (Lipinski definition) is 1. The van der Waals surface area contributed by atoms with Crippen LogP contribution in [0.4, 0.5) is 8.78 Å². The van der Waals surface area contributed by atoms with Gasteiger partial charge in [0.15, 0.2) is 11.6 Å². The van der Waals surface area contributed by atoms with Gasteiger partial charge in [0.1, 0.15) is 0 Å². The van der Waals surface area contributed by atoms with E-state index in [0.29, 0.717) is 15.6 Å². The van der Waals surface area contributed by atoms with Gasteiger partial charge in [-0.25, -0.2) is 8.78 Å². The highest BCUT2D eigenvalue weighted by Gasteiger charge is 2.18. The summed E-state index contributed by atoms with van der Waals surface area (Å²) in [5.41, 5.74) is 6.45. The largest absolute Gasteiger partial charge is 0.320 e. The van der Waals surface area contributed by atoms with Gasteiger partial charge in [-0.1, -0.05) is 41.4 Å². The van der Waals surface area contributed by atoms with Crippen LogP contribution >= 0.6 is 23.2 Å². The van der Waals surface area contributed by atoms with Gasteiger partial charge in [-0.2, -0.15) is 0 Å². The predicted molar refractivity (Wildman–Crippen MR) is 68.9 cm³/mol. The van der Waals surface area contributed by atoms with Gasteiger partial charge >= 0.3 is 0 Å². The Balaban J connectivity index is 2.48. The third-order valence-electron chi connectivity index (χ3n) is 2.61. The molecule has 1 nitrogen and oxygen atoms in total. The van der Waals surface area contributed by atoms with E-state index in [9.17, 15) is 8.78 Å². The number of halogens is 4. The molecule has 0 saturated carbocycles. The van der Waals surface area contributed by atoms with E-state index in [-0.39, 0.29) is 5.56 Å². The molecule has 0 saturated heterocycles. The maximum atomic E-state index is 13.6. The molecular weight excluding hydrogens is 279 g/mol. The SMILES string of the molecule is NC(c1ccc(Cl)cc1Cl)c1cccc(F)c1F. The molecule has 0 radical (unpaired) electrons. The molecule has 0 bridgehead atoms.